The standard InChI is InChI=1S/C14H16F2N4O3/c1-9(12-3-2-4-13(15)14(12)16)17-6-11(21)8-19-7-10(5-18-19)20(22)23/h2-5,7,9,11,17,21H,6,8H2,1H3. The van der Waals surface area contributed by atoms with Gasteiger partial charge in [0.1, 0.15) is 12.4 Å². The third-order valence-corrected chi connectivity index (χ3v) is 3.34. The lowest BCUT2D eigenvalue weighted by Crippen LogP contribution is -2.32. The van der Waals surface area contributed by atoms with Crippen LogP contribution >= 0.6 is 0 Å². The molecule has 9 heteroatoms. The third-order valence-electron chi connectivity index (χ3n) is 3.34. The highest BCUT2D eigenvalue weighted by atomic mass is 19.2. The van der Waals surface area contributed by atoms with Crippen molar-refractivity contribution >= 4 is 5.69 Å². The van der Waals surface area contributed by atoms with Crippen molar-refractivity contribution in [2.75, 3.05) is 6.54 Å². The maximum atomic E-state index is 13.6. The second kappa shape index (κ2) is 7.25. The maximum Gasteiger partial charge on any atom is 0.306 e. The molecule has 0 bridgehead atoms. The van der Waals surface area contributed by atoms with Crippen LogP contribution in [0.15, 0.2) is 30.6 Å². The molecule has 2 atom stereocenters. The number of nitrogens with one attached hydrogen (secondary N) is 1. The number of aliphatic hydroxyl groups is 1. The fourth-order valence-electron chi connectivity index (χ4n) is 2.10. The topological polar surface area (TPSA) is 93.2 Å². The van der Waals surface area contributed by atoms with Crippen LogP contribution in [0.25, 0.3) is 0 Å². The SMILES string of the molecule is CC(NCC(O)Cn1cc([N+](=O)[O-])cn1)c1cccc(F)c1F. The molecule has 0 aliphatic carbocycles. The Morgan fingerprint density at radius 2 is 2.22 bits per heavy atom. The molecule has 0 fully saturated rings. The molecule has 0 aliphatic heterocycles. The van der Waals surface area contributed by atoms with Crippen molar-refractivity contribution in [3.05, 3.63) is 57.9 Å². The van der Waals surface area contributed by atoms with Gasteiger partial charge in [-0.25, -0.2) is 8.78 Å². The highest BCUT2D eigenvalue weighted by molar-refractivity contribution is 5.22. The molecule has 0 saturated heterocycles. The normalized spacial score (nSPS) is 13.7. The minimum Gasteiger partial charge on any atom is -0.390 e. The minimum atomic E-state index is -0.930. The van der Waals surface area contributed by atoms with Crippen molar-refractivity contribution in [3.8, 4) is 0 Å². The van der Waals surface area contributed by atoms with Crippen molar-refractivity contribution in [2.45, 2.75) is 25.6 Å². The van der Waals surface area contributed by atoms with Crippen LogP contribution in [0.3, 0.4) is 0 Å². The molecule has 0 aliphatic rings. The van der Waals surface area contributed by atoms with E-state index < -0.39 is 28.7 Å². The average molecular weight is 326 g/mol. The van der Waals surface area contributed by atoms with Gasteiger partial charge in [0.15, 0.2) is 11.6 Å². The van der Waals surface area contributed by atoms with Crippen molar-refractivity contribution in [2.24, 2.45) is 0 Å². The second-order valence-electron chi connectivity index (χ2n) is 5.10. The number of hydrogen-bond acceptors (Lipinski definition) is 5. The summed E-state index contributed by atoms with van der Waals surface area (Å²) in [4.78, 5) is 9.96. The van der Waals surface area contributed by atoms with E-state index in [4.69, 9.17) is 0 Å². The molecule has 2 N–H and O–H groups in total. The summed E-state index contributed by atoms with van der Waals surface area (Å²) in [6.07, 6.45) is 1.40. The number of nitrogens with zero attached hydrogens (tertiary/aromatic N) is 3. The van der Waals surface area contributed by atoms with Gasteiger partial charge in [-0.1, -0.05) is 12.1 Å². The quantitative estimate of drug-likeness (QED) is 0.597. The molecule has 2 rings (SSSR count). The number of aromatic nitrogens is 2. The van der Waals surface area contributed by atoms with E-state index in [1.807, 2.05) is 0 Å². The molecule has 1 heterocycles. The second-order valence-corrected chi connectivity index (χ2v) is 5.10. The van der Waals surface area contributed by atoms with Crippen LogP contribution in [0.5, 0.6) is 0 Å². The van der Waals surface area contributed by atoms with Crippen molar-refractivity contribution < 1.29 is 18.8 Å². The zero-order valence-corrected chi connectivity index (χ0v) is 12.3. The van der Waals surface area contributed by atoms with Crippen LogP contribution in [0.4, 0.5) is 14.5 Å². The average Bonchev–Trinajstić information content (AvgIpc) is 2.96. The number of nitro groups is 1. The Bertz CT molecular complexity index is 692. The Morgan fingerprint density at radius 1 is 1.48 bits per heavy atom. The fraction of sp³-hybridized carbons (Fsp3) is 0.357. The van der Waals surface area contributed by atoms with E-state index in [1.165, 1.54) is 23.0 Å². The molecule has 0 spiro atoms. The summed E-state index contributed by atoms with van der Waals surface area (Å²) in [6.45, 7) is 1.77. The molecule has 0 radical (unpaired) electrons. The predicted octanol–water partition coefficient (Wildman–Crippen LogP) is 1.78. The van der Waals surface area contributed by atoms with E-state index in [-0.39, 0.29) is 24.3 Å². The monoisotopic (exact) mass is 326 g/mol. The molecule has 2 aromatic rings. The van der Waals surface area contributed by atoms with Crippen LogP contribution in [-0.2, 0) is 6.54 Å². The molecule has 23 heavy (non-hydrogen) atoms. The Labute approximate surface area is 130 Å². The smallest absolute Gasteiger partial charge is 0.306 e. The number of rotatable bonds is 7. The van der Waals surface area contributed by atoms with Gasteiger partial charge in [0.25, 0.3) is 0 Å². The first kappa shape index (κ1) is 17.0. The summed E-state index contributed by atoms with van der Waals surface area (Å²) < 4.78 is 28.1. The van der Waals surface area contributed by atoms with Gasteiger partial charge in [-0.2, -0.15) is 5.10 Å². The van der Waals surface area contributed by atoms with Gasteiger partial charge >= 0.3 is 5.69 Å². The zero-order valence-electron chi connectivity index (χ0n) is 12.3. The van der Waals surface area contributed by atoms with E-state index in [9.17, 15) is 24.0 Å². The molecule has 0 saturated carbocycles. The van der Waals surface area contributed by atoms with Crippen LogP contribution in [0.2, 0.25) is 0 Å². The fourth-order valence-corrected chi connectivity index (χ4v) is 2.10. The molecule has 7 nitrogen and oxygen atoms in total. The first-order valence-electron chi connectivity index (χ1n) is 6.90. The van der Waals surface area contributed by atoms with Crippen LogP contribution < -0.4 is 5.32 Å². The van der Waals surface area contributed by atoms with E-state index >= 15 is 0 Å². The molecular formula is C14H16F2N4O3. The van der Waals surface area contributed by atoms with E-state index in [1.54, 1.807) is 6.92 Å². The maximum absolute atomic E-state index is 13.6. The van der Waals surface area contributed by atoms with E-state index in [0.29, 0.717) is 0 Å². The van der Waals surface area contributed by atoms with Gasteiger partial charge in [-0.3, -0.25) is 14.8 Å². The summed E-state index contributed by atoms with van der Waals surface area (Å²) in [6, 6.07) is 3.39. The van der Waals surface area contributed by atoms with Crippen molar-refractivity contribution in [3.63, 3.8) is 0 Å². The summed E-state index contributed by atoms with van der Waals surface area (Å²) in [5.74, 6) is -1.86. The van der Waals surface area contributed by atoms with Crippen molar-refractivity contribution in [1.82, 2.24) is 15.1 Å². The first-order valence-corrected chi connectivity index (χ1v) is 6.90. The lowest BCUT2D eigenvalue weighted by Gasteiger charge is -2.18. The highest BCUT2D eigenvalue weighted by Gasteiger charge is 2.16. The summed E-state index contributed by atoms with van der Waals surface area (Å²) in [5.41, 5.74) is -0.00714. The van der Waals surface area contributed by atoms with Gasteiger partial charge in [0.2, 0.25) is 0 Å². The predicted molar refractivity (Wildman–Crippen MR) is 77.7 cm³/mol. The number of halogens is 2. The molecule has 1 aromatic carbocycles. The molecule has 1 aromatic heterocycles. The first-order chi connectivity index (χ1) is 10.9. The van der Waals surface area contributed by atoms with Gasteiger partial charge in [0, 0.05) is 18.2 Å². The van der Waals surface area contributed by atoms with Gasteiger partial charge in [-0.05, 0) is 13.0 Å². The Balaban J connectivity index is 1.89. The highest BCUT2D eigenvalue weighted by Crippen LogP contribution is 2.18. The lowest BCUT2D eigenvalue weighted by atomic mass is 10.1. The largest absolute Gasteiger partial charge is 0.390 e. The third kappa shape index (κ3) is 4.30. The summed E-state index contributed by atoms with van der Waals surface area (Å²) in [5, 5.41) is 27.1. The number of hydrogen-bond donors (Lipinski definition) is 2. The number of benzene rings is 1. The summed E-state index contributed by atoms with van der Waals surface area (Å²) >= 11 is 0. The van der Waals surface area contributed by atoms with Gasteiger partial charge in [-0.15, -0.1) is 0 Å². The molecule has 2 unspecified atom stereocenters. The van der Waals surface area contributed by atoms with Crippen LogP contribution in [0.1, 0.15) is 18.5 Å². The van der Waals surface area contributed by atoms with E-state index in [2.05, 4.69) is 10.4 Å². The van der Waals surface area contributed by atoms with Gasteiger partial charge in [0.05, 0.1) is 17.6 Å². The Kier molecular flexibility index (Phi) is 5.35. The molecule has 0 amide bonds. The van der Waals surface area contributed by atoms with Crippen LogP contribution in [-0.4, -0.2) is 32.5 Å². The Hall–Kier alpha value is -2.39. The molecule has 124 valence electrons. The van der Waals surface area contributed by atoms with Crippen molar-refractivity contribution in [1.29, 1.82) is 0 Å². The van der Waals surface area contributed by atoms with E-state index in [0.717, 1.165) is 12.3 Å². The minimum absolute atomic E-state index is 0.0409. The molecular weight excluding hydrogens is 310 g/mol. The Morgan fingerprint density at radius 3 is 2.87 bits per heavy atom. The summed E-state index contributed by atoms with van der Waals surface area (Å²) in [7, 11) is 0. The lowest BCUT2D eigenvalue weighted by molar-refractivity contribution is -0.385. The van der Waals surface area contributed by atoms with Crippen LogP contribution in [0, 0.1) is 21.7 Å². The van der Waals surface area contributed by atoms with Gasteiger partial charge < -0.3 is 10.4 Å². The zero-order chi connectivity index (χ0) is 17.0. The number of aliphatic hydroxyl groups excluding tert-OH is 1.